The third-order valence-electron chi connectivity index (χ3n) is 6.30. The van der Waals surface area contributed by atoms with E-state index in [0.29, 0.717) is 64.6 Å². The number of rotatable bonds is 25. The average Bonchev–Trinajstić information content (AvgIpc) is 2.93. The first-order chi connectivity index (χ1) is 19.6. The molecule has 0 aromatic rings. The van der Waals surface area contributed by atoms with Crippen LogP contribution in [0, 0.1) is 5.92 Å². The summed E-state index contributed by atoms with van der Waals surface area (Å²) in [6.45, 7) is 4.68. The number of Topliss-reactive ketones (excluding diaryl/α,β-unsaturated/α-hetero) is 1. The normalized spacial score (nSPS) is 10.7. The highest BCUT2D eigenvalue weighted by atomic mass is 16.2. The van der Waals surface area contributed by atoms with Crippen molar-refractivity contribution in [1.82, 2.24) is 31.3 Å². The van der Waals surface area contributed by atoms with Gasteiger partial charge in [0.2, 0.25) is 45.5 Å². The van der Waals surface area contributed by atoms with Gasteiger partial charge in [0, 0.05) is 44.8 Å². The van der Waals surface area contributed by atoms with Gasteiger partial charge in [-0.15, -0.1) is 0 Å². The molecule has 14 heteroatoms. The number of hydrogen-bond donors (Lipinski definition) is 5. The van der Waals surface area contributed by atoms with Crippen LogP contribution in [0.5, 0.6) is 0 Å². The summed E-state index contributed by atoms with van der Waals surface area (Å²) in [5.41, 5.74) is 0. The Morgan fingerprint density at radius 3 is 1.17 bits per heavy atom. The Morgan fingerprint density at radius 2 is 0.854 bits per heavy atom. The molecular formula is C27H48B2N6O6. The monoisotopic (exact) mass is 574 g/mol. The predicted octanol–water partition coefficient (Wildman–Crippen LogP) is -0.0573. The van der Waals surface area contributed by atoms with Crippen molar-refractivity contribution in [2.45, 2.75) is 90.9 Å². The number of carbonyl (C=O) groups excluding carboxylic acids is 6. The van der Waals surface area contributed by atoms with Crippen LogP contribution in [0.3, 0.4) is 0 Å². The number of hydrogen-bond acceptors (Lipinski definition) is 7. The quantitative estimate of drug-likeness (QED) is 0.0753. The molecule has 0 aliphatic carbocycles. The van der Waals surface area contributed by atoms with Gasteiger partial charge in [-0.05, 0) is 38.5 Å². The summed E-state index contributed by atoms with van der Waals surface area (Å²) in [6.07, 6.45) is 7.66. The van der Waals surface area contributed by atoms with Gasteiger partial charge in [-0.1, -0.05) is 33.1 Å². The van der Waals surface area contributed by atoms with Gasteiger partial charge in [-0.2, -0.15) is 0 Å². The molecule has 0 spiro atoms. The van der Waals surface area contributed by atoms with Gasteiger partial charge in [-0.25, -0.2) is 0 Å². The first kappa shape index (κ1) is 38.1. The van der Waals surface area contributed by atoms with Crippen LogP contribution in [-0.4, -0.2) is 95.4 Å². The van der Waals surface area contributed by atoms with Gasteiger partial charge in [0.1, 0.15) is 5.78 Å². The number of unbranched alkanes of at least 4 members (excludes halogenated alkanes) is 6. The molecule has 5 amide bonds. The van der Waals surface area contributed by atoms with E-state index in [2.05, 4.69) is 26.4 Å². The fourth-order valence-electron chi connectivity index (χ4n) is 3.84. The van der Waals surface area contributed by atoms with Crippen molar-refractivity contribution < 1.29 is 28.8 Å². The molecule has 228 valence electrons. The predicted molar refractivity (Wildman–Crippen MR) is 159 cm³/mol. The molecule has 0 aromatic heterocycles. The number of nitrogens with one attached hydrogen (secondary N) is 5. The maximum absolute atomic E-state index is 12.5. The highest BCUT2D eigenvalue weighted by Gasteiger charge is 2.18. The van der Waals surface area contributed by atoms with Gasteiger partial charge in [0.15, 0.2) is 0 Å². The highest BCUT2D eigenvalue weighted by Crippen LogP contribution is 2.06. The SMILES string of the molecule is [B]NC(=O)CCCCCNC(=O)CN(CC(=O)NCCCCCC(=O)N[B])CC(=O)NCCCCCC(=O)C(C)C. The van der Waals surface area contributed by atoms with Crippen molar-refractivity contribution in [2.75, 3.05) is 39.3 Å². The van der Waals surface area contributed by atoms with Crippen LogP contribution < -0.4 is 26.4 Å². The molecule has 0 atom stereocenters. The van der Waals surface area contributed by atoms with Crippen molar-refractivity contribution in [3.05, 3.63) is 0 Å². The minimum absolute atomic E-state index is 0.0317. The molecule has 0 unspecified atom stereocenters. The molecule has 0 saturated heterocycles. The van der Waals surface area contributed by atoms with E-state index in [-0.39, 0.29) is 60.9 Å². The molecule has 0 aliphatic rings. The molecule has 0 fully saturated rings. The van der Waals surface area contributed by atoms with Crippen LogP contribution in [0.25, 0.3) is 0 Å². The number of nitrogens with zero attached hydrogens (tertiary/aromatic N) is 1. The third kappa shape index (κ3) is 23.5. The second-order valence-electron chi connectivity index (χ2n) is 10.4. The fourth-order valence-corrected chi connectivity index (χ4v) is 3.84. The number of carbonyl (C=O) groups is 6. The number of amides is 5. The summed E-state index contributed by atoms with van der Waals surface area (Å²) < 4.78 is 0. The van der Waals surface area contributed by atoms with Crippen molar-refractivity contribution in [3.63, 3.8) is 0 Å². The van der Waals surface area contributed by atoms with E-state index in [0.717, 1.165) is 32.1 Å². The maximum atomic E-state index is 12.5. The molecule has 0 aliphatic heterocycles. The van der Waals surface area contributed by atoms with E-state index in [1.807, 2.05) is 13.8 Å². The topological polar surface area (TPSA) is 166 Å². The standard InChI is InChI=1S/C27H48B2N6O6/c1-21(2)22(36)12-6-3-9-15-30-25(39)18-35(19-26(40)31-16-10-4-7-13-23(37)33-28)20-27(41)32-17-11-5-8-14-24(38)34-29/h21H,3-20H2,1-2H3,(H,30,39)(H,31,40)(H,32,41)(H,33,37)(H,34,38). The Morgan fingerprint density at radius 1 is 0.512 bits per heavy atom. The van der Waals surface area contributed by atoms with Crippen molar-refractivity contribution in [3.8, 4) is 0 Å². The molecule has 0 saturated carbocycles. The lowest BCUT2D eigenvalue weighted by molar-refractivity contribution is -0.128. The summed E-state index contributed by atoms with van der Waals surface area (Å²) in [7, 11) is 10.1. The summed E-state index contributed by atoms with van der Waals surface area (Å²) >= 11 is 0. The summed E-state index contributed by atoms with van der Waals surface area (Å²) in [5, 5.41) is 12.5. The Labute approximate surface area is 247 Å². The van der Waals surface area contributed by atoms with Gasteiger partial charge < -0.3 is 26.4 Å². The molecular weight excluding hydrogens is 526 g/mol. The molecule has 41 heavy (non-hydrogen) atoms. The summed E-state index contributed by atoms with van der Waals surface area (Å²) in [5.74, 6) is -1.11. The van der Waals surface area contributed by atoms with Crippen molar-refractivity contribution in [1.29, 1.82) is 0 Å². The molecule has 0 bridgehead atoms. The van der Waals surface area contributed by atoms with Crippen LogP contribution in [0.15, 0.2) is 0 Å². The summed E-state index contributed by atoms with van der Waals surface area (Å²) in [6, 6.07) is 0. The Hall–Kier alpha value is -2.89. The van der Waals surface area contributed by atoms with E-state index < -0.39 is 0 Å². The van der Waals surface area contributed by atoms with E-state index in [9.17, 15) is 28.8 Å². The van der Waals surface area contributed by atoms with Gasteiger partial charge in [0.25, 0.3) is 0 Å². The third-order valence-corrected chi connectivity index (χ3v) is 6.30. The van der Waals surface area contributed by atoms with Crippen molar-refractivity contribution in [2.24, 2.45) is 5.92 Å². The van der Waals surface area contributed by atoms with E-state index in [1.165, 1.54) is 4.90 Å². The van der Waals surface area contributed by atoms with E-state index >= 15 is 0 Å². The van der Waals surface area contributed by atoms with Crippen LogP contribution >= 0.6 is 0 Å². The van der Waals surface area contributed by atoms with Crippen LogP contribution in [-0.2, 0) is 28.8 Å². The lowest BCUT2D eigenvalue weighted by Gasteiger charge is -2.21. The Kier molecular flexibility index (Phi) is 23.1. The van der Waals surface area contributed by atoms with E-state index in [1.54, 1.807) is 0 Å². The second kappa shape index (κ2) is 24.9. The molecule has 0 heterocycles. The highest BCUT2D eigenvalue weighted by molar-refractivity contribution is 6.14. The molecule has 0 rings (SSSR count). The second-order valence-corrected chi connectivity index (χ2v) is 10.4. The fraction of sp³-hybridized carbons (Fsp3) is 0.778. The average molecular weight is 574 g/mol. The molecule has 0 aromatic carbocycles. The lowest BCUT2D eigenvalue weighted by atomic mass is 10.0. The molecule has 5 N–H and O–H groups in total. The summed E-state index contributed by atoms with van der Waals surface area (Å²) in [4.78, 5) is 73.0. The smallest absolute Gasteiger partial charge is 0.234 e. The van der Waals surface area contributed by atoms with E-state index in [4.69, 9.17) is 16.0 Å². The van der Waals surface area contributed by atoms with Gasteiger partial charge >= 0.3 is 0 Å². The minimum atomic E-state index is -0.307. The van der Waals surface area contributed by atoms with Crippen molar-refractivity contribution >= 4 is 51.3 Å². The molecule has 12 nitrogen and oxygen atoms in total. The Bertz CT molecular complexity index is 773. The number of ketones is 1. The lowest BCUT2D eigenvalue weighted by Crippen LogP contribution is -2.47. The van der Waals surface area contributed by atoms with Crippen LogP contribution in [0.1, 0.15) is 90.9 Å². The zero-order valence-corrected chi connectivity index (χ0v) is 24.9. The molecule has 4 radical (unpaired) electrons. The first-order valence-electron chi connectivity index (χ1n) is 14.6. The zero-order valence-electron chi connectivity index (χ0n) is 24.9. The van der Waals surface area contributed by atoms with Crippen LogP contribution in [0.2, 0.25) is 0 Å². The Balaban J connectivity index is 4.55. The van der Waals surface area contributed by atoms with Gasteiger partial charge in [0.05, 0.1) is 19.6 Å². The minimum Gasteiger partial charge on any atom is -0.409 e. The first-order valence-corrected chi connectivity index (χ1v) is 14.6. The largest absolute Gasteiger partial charge is 0.409 e. The van der Waals surface area contributed by atoms with Gasteiger partial charge in [-0.3, -0.25) is 33.7 Å². The maximum Gasteiger partial charge on any atom is 0.234 e. The van der Waals surface area contributed by atoms with Crippen LogP contribution in [0.4, 0.5) is 0 Å². The zero-order chi connectivity index (χ0) is 30.9.